The fraction of sp³-hybridized carbons (Fsp3) is 0.516. The SMILES string of the molecule is CCOC(=O)c1cc(OC)n2c(C)c(-c3cc4ccc([C@@H](C)N[S+]([O-])C(C)(C)C)nc4n3COCC[Si](C)(C)C)nc2c1. The molecule has 0 saturated heterocycles. The van der Waals surface area contributed by atoms with Crippen LogP contribution in [0, 0.1) is 6.92 Å². The molecule has 0 amide bonds. The predicted molar refractivity (Wildman–Crippen MR) is 175 cm³/mol. The van der Waals surface area contributed by atoms with Crippen LogP contribution >= 0.6 is 0 Å². The maximum atomic E-state index is 12.8. The van der Waals surface area contributed by atoms with E-state index in [1.807, 2.05) is 55.7 Å². The summed E-state index contributed by atoms with van der Waals surface area (Å²) < 4.78 is 36.7. The average Bonchev–Trinajstić information content (AvgIpc) is 3.46. The number of imidazole rings is 1. The molecule has 12 heteroatoms. The van der Waals surface area contributed by atoms with E-state index in [9.17, 15) is 9.35 Å². The van der Waals surface area contributed by atoms with Gasteiger partial charge in [-0.2, -0.15) is 0 Å². The van der Waals surface area contributed by atoms with Gasteiger partial charge in [0.15, 0.2) is 5.88 Å². The Bertz CT molecular complexity index is 1600. The lowest BCUT2D eigenvalue weighted by Crippen LogP contribution is -2.40. The molecule has 234 valence electrons. The number of hydrogen-bond donors (Lipinski definition) is 1. The highest BCUT2D eigenvalue weighted by molar-refractivity contribution is 7.90. The summed E-state index contributed by atoms with van der Waals surface area (Å²) in [6, 6.07) is 10.3. The van der Waals surface area contributed by atoms with Gasteiger partial charge in [-0.1, -0.05) is 19.6 Å². The number of ether oxygens (including phenoxy) is 3. The zero-order valence-corrected chi connectivity index (χ0v) is 28.8. The minimum atomic E-state index is -1.28. The lowest BCUT2D eigenvalue weighted by Gasteiger charge is -2.26. The van der Waals surface area contributed by atoms with Crippen molar-refractivity contribution in [2.75, 3.05) is 20.3 Å². The first-order valence-electron chi connectivity index (χ1n) is 14.6. The number of aromatic nitrogens is 4. The smallest absolute Gasteiger partial charge is 0.338 e. The van der Waals surface area contributed by atoms with Gasteiger partial charge in [0, 0.05) is 37.5 Å². The molecule has 2 atom stereocenters. The van der Waals surface area contributed by atoms with E-state index >= 15 is 0 Å². The van der Waals surface area contributed by atoms with Gasteiger partial charge in [-0.25, -0.2) is 14.8 Å². The van der Waals surface area contributed by atoms with Gasteiger partial charge in [-0.15, -0.1) is 4.72 Å². The van der Waals surface area contributed by atoms with Crippen LogP contribution in [-0.4, -0.2) is 62.6 Å². The van der Waals surface area contributed by atoms with Gasteiger partial charge in [0.1, 0.15) is 28.5 Å². The predicted octanol–water partition coefficient (Wildman–Crippen LogP) is 6.27. The molecule has 43 heavy (non-hydrogen) atoms. The Balaban J connectivity index is 1.83. The van der Waals surface area contributed by atoms with Gasteiger partial charge in [-0.3, -0.25) is 8.97 Å². The number of fused-ring (bicyclic) bond motifs is 2. The molecule has 0 aliphatic carbocycles. The maximum absolute atomic E-state index is 12.8. The third-order valence-corrected chi connectivity index (χ3v) is 10.5. The molecule has 0 aromatic carbocycles. The van der Waals surface area contributed by atoms with Crippen molar-refractivity contribution in [1.82, 2.24) is 23.7 Å². The third-order valence-electron chi connectivity index (χ3n) is 7.15. The quantitative estimate of drug-likeness (QED) is 0.0846. The normalized spacial score (nSPS) is 13.9. The molecule has 0 aliphatic heterocycles. The van der Waals surface area contributed by atoms with Gasteiger partial charge in [-0.05, 0) is 71.9 Å². The topological polar surface area (TPSA) is 115 Å². The first kappa shape index (κ1) is 33.0. The Hall–Kier alpha value is -2.90. The Kier molecular flexibility index (Phi) is 9.97. The Morgan fingerprint density at radius 3 is 2.51 bits per heavy atom. The summed E-state index contributed by atoms with van der Waals surface area (Å²) in [4.78, 5) is 22.6. The third kappa shape index (κ3) is 7.43. The molecule has 0 saturated carbocycles. The lowest BCUT2D eigenvalue weighted by molar-refractivity contribution is 0.0525. The Morgan fingerprint density at radius 1 is 1.16 bits per heavy atom. The van der Waals surface area contributed by atoms with Crippen molar-refractivity contribution in [2.45, 2.75) is 84.7 Å². The molecule has 1 N–H and O–H groups in total. The number of carbonyl (C=O) groups is 1. The van der Waals surface area contributed by atoms with Crippen molar-refractivity contribution in [2.24, 2.45) is 0 Å². The molecule has 0 fully saturated rings. The summed E-state index contributed by atoms with van der Waals surface area (Å²) in [5.74, 6) is 0.0558. The monoisotopic (exact) mass is 627 g/mol. The number of nitrogens with zero attached hydrogens (tertiary/aromatic N) is 4. The van der Waals surface area contributed by atoms with E-state index in [0.717, 1.165) is 39.9 Å². The first-order valence-corrected chi connectivity index (χ1v) is 19.5. The van der Waals surface area contributed by atoms with E-state index in [2.05, 4.69) is 30.4 Å². The number of aryl methyl sites for hydroxylation is 1. The van der Waals surface area contributed by atoms with Gasteiger partial charge >= 0.3 is 5.97 Å². The Morgan fingerprint density at radius 2 is 1.88 bits per heavy atom. The number of methoxy groups -OCH3 is 1. The van der Waals surface area contributed by atoms with Crippen molar-refractivity contribution in [3.05, 3.63) is 47.3 Å². The molecule has 0 bridgehead atoms. The van der Waals surface area contributed by atoms with Crippen LogP contribution in [-0.2, 0) is 27.6 Å². The second kappa shape index (κ2) is 13.0. The van der Waals surface area contributed by atoms with Crippen LogP contribution < -0.4 is 9.46 Å². The van der Waals surface area contributed by atoms with E-state index < -0.39 is 30.2 Å². The lowest BCUT2D eigenvalue weighted by atomic mass is 10.2. The molecule has 0 radical (unpaired) electrons. The van der Waals surface area contributed by atoms with Gasteiger partial charge in [0.25, 0.3) is 0 Å². The zero-order valence-electron chi connectivity index (χ0n) is 27.0. The average molecular weight is 628 g/mol. The van der Waals surface area contributed by atoms with Crippen LogP contribution in [0.5, 0.6) is 5.88 Å². The molecule has 4 heterocycles. The van der Waals surface area contributed by atoms with Crippen molar-refractivity contribution in [3.8, 4) is 17.3 Å². The highest BCUT2D eigenvalue weighted by Gasteiger charge is 2.29. The highest BCUT2D eigenvalue weighted by Crippen LogP contribution is 2.33. The highest BCUT2D eigenvalue weighted by atomic mass is 32.2. The molecule has 10 nitrogen and oxygen atoms in total. The van der Waals surface area contributed by atoms with E-state index in [4.69, 9.17) is 24.2 Å². The van der Waals surface area contributed by atoms with Crippen LogP contribution in [0.1, 0.15) is 62.4 Å². The van der Waals surface area contributed by atoms with Crippen LogP contribution in [0.3, 0.4) is 0 Å². The number of rotatable bonds is 12. The molecular weight excluding hydrogens is 583 g/mol. The minimum Gasteiger partial charge on any atom is -0.598 e. The van der Waals surface area contributed by atoms with Crippen LogP contribution in [0.4, 0.5) is 0 Å². The summed E-state index contributed by atoms with van der Waals surface area (Å²) in [6.45, 7) is 19.8. The number of pyridine rings is 2. The van der Waals surface area contributed by atoms with E-state index in [1.54, 1.807) is 26.2 Å². The molecule has 0 spiro atoms. The standard InChI is InChI=1S/C31H45N5O5SSi/c1-11-41-30(37)23-17-26-33-28(21(3)36(26)27(18-23)39-7)25-16-22-12-13-24(20(2)34-42(38)31(4,5)6)32-29(22)35(25)19-40-14-15-43(8,9)10/h12-13,16-18,20,34H,11,14-15,19H2,1-10H3/t20-,42?/m1/s1. The maximum Gasteiger partial charge on any atom is 0.338 e. The van der Waals surface area contributed by atoms with Crippen LogP contribution in [0.15, 0.2) is 30.3 Å². The van der Waals surface area contributed by atoms with Crippen molar-refractivity contribution < 1.29 is 23.6 Å². The van der Waals surface area contributed by atoms with Gasteiger partial charge in [0.2, 0.25) is 0 Å². The van der Waals surface area contributed by atoms with E-state index in [1.165, 1.54) is 0 Å². The summed E-state index contributed by atoms with van der Waals surface area (Å²) in [5, 5.41) is 0.937. The van der Waals surface area contributed by atoms with E-state index in [-0.39, 0.29) is 12.6 Å². The summed E-state index contributed by atoms with van der Waals surface area (Å²) in [7, 11) is 0.286. The summed E-state index contributed by atoms with van der Waals surface area (Å²) >= 11 is -1.24. The molecule has 4 aromatic heterocycles. The van der Waals surface area contributed by atoms with Crippen LogP contribution in [0.25, 0.3) is 28.1 Å². The zero-order chi connectivity index (χ0) is 31.7. The fourth-order valence-electron chi connectivity index (χ4n) is 4.64. The van der Waals surface area contributed by atoms with Gasteiger partial charge in [0.05, 0.1) is 42.4 Å². The molecule has 4 rings (SSSR count). The summed E-state index contributed by atoms with van der Waals surface area (Å²) in [5.41, 5.74) is 4.90. The first-order chi connectivity index (χ1) is 20.1. The van der Waals surface area contributed by atoms with Crippen molar-refractivity contribution in [3.63, 3.8) is 0 Å². The number of nitrogens with one attached hydrogen (secondary N) is 1. The number of esters is 1. The number of carbonyl (C=O) groups excluding carboxylic acids is 1. The van der Waals surface area contributed by atoms with Gasteiger partial charge < -0.3 is 18.8 Å². The summed E-state index contributed by atoms with van der Waals surface area (Å²) in [6.07, 6.45) is 0. The largest absolute Gasteiger partial charge is 0.598 e. The molecular formula is C31H45N5O5SSi. The second-order valence-electron chi connectivity index (χ2n) is 12.9. The minimum absolute atomic E-state index is 0.230. The number of hydrogen-bond acceptors (Lipinski definition) is 8. The second-order valence-corrected chi connectivity index (χ2v) is 20.5. The Labute approximate surface area is 258 Å². The molecule has 0 aliphatic rings. The van der Waals surface area contributed by atoms with Crippen LogP contribution in [0.2, 0.25) is 25.7 Å². The molecule has 1 unspecified atom stereocenters. The van der Waals surface area contributed by atoms with Crippen molar-refractivity contribution in [1.29, 1.82) is 0 Å². The fourth-order valence-corrected chi connectivity index (χ4v) is 6.20. The molecule has 4 aromatic rings. The van der Waals surface area contributed by atoms with Crippen molar-refractivity contribution >= 4 is 42.1 Å². The van der Waals surface area contributed by atoms with E-state index in [0.29, 0.717) is 30.4 Å².